The second-order valence-electron chi connectivity index (χ2n) is 8.79. The van der Waals surface area contributed by atoms with Crippen LogP contribution in [0.1, 0.15) is 16.8 Å². The van der Waals surface area contributed by atoms with E-state index in [1.54, 1.807) is 12.1 Å². The summed E-state index contributed by atoms with van der Waals surface area (Å²) in [4.78, 5) is 22.9. The van der Waals surface area contributed by atoms with E-state index in [-0.39, 0.29) is 18.1 Å². The van der Waals surface area contributed by atoms with Gasteiger partial charge in [0.15, 0.2) is 5.82 Å². The van der Waals surface area contributed by atoms with Gasteiger partial charge in [-0.05, 0) is 52.9 Å². The van der Waals surface area contributed by atoms with E-state index in [1.807, 2.05) is 66.7 Å². The fourth-order valence-corrected chi connectivity index (χ4v) is 4.71. The molecule has 1 aliphatic carbocycles. The molecule has 0 bridgehead atoms. The molecule has 0 atom stereocenters. The molecule has 1 aliphatic rings. The molecule has 0 saturated carbocycles. The lowest BCUT2D eigenvalue weighted by molar-refractivity contribution is -0.115. The normalized spacial score (nSPS) is 12.1. The minimum absolute atomic E-state index is 0.148. The summed E-state index contributed by atoms with van der Waals surface area (Å²) in [6, 6.07) is 28.6. The predicted molar refractivity (Wildman–Crippen MR) is 137 cm³/mol. The molecule has 1 N–H and O–H groups in total. The number of hydrogen-bond donors (Lipinski definition) is 1. The van der Waals surface area contributed by atoms with Gasteiger partial charge in [-0.1, -0.05) is 72.8 Å². The highest BCUT2D eigenvalue weighted by Crippen LogP contribution is 2.36. The molecule has 1 aromatic heterocycles. The van der Waals surface area contributed by atoms with E-state index < -0.39 is 0 Å². The molecule has 4 aromatic carbocycles. The average Bonchev–Trinajstić information content (AvgIpc) is 2.88. The number of anilines is 1. The van der Waals surface area contributed by atoms with Crippen LogP contribution in [0.2, 0.25) is 0 Å². The highest BCUT2D eigenvalue weighted by Gasteiger charge is 2.23. The number of aryl methyl sites for hydroxylation is 2. The third kappa shape index (κ3) is 4.17. The van der Waals surface area contributed by atoms with Gasteiger partial charge in [-0.25, -0.2) is 14.4 Å². The van der Waals surface area contributed by atoms with Crippen LogP contribution in [0, 0.1) is 5.82 Å². The second-order valence-corrected chi connectivity index (χ2v) is 8.79. The van der Waals surface area contributed by atoms with E-state index >= 15 is 0 Å². The van der Waals surface area contributed by atoms with Crippen molar-refractivity contribution in [3.8, 4) is 22.5 Å². The fourth-order valence-electron chi connectivity index (χ4n) is 4.71. The zero-order valence-electron chi connectivity index (χ0n) is 19.0. The minimum Gasteiger partial charge on any atom is -0.309 e. The van der Waals surface area contributed by atoms with Crippen molar-refractivity contribution >= 4 is 22.5 Å². The van der Waals surface area contributed by atoms with Crippen LogP contribution in [-0.2, 0) is 24.1 Å². The van der Waals surface area contributed by atoms with Gasteiger partial charge in [0, 0.05) is 11.1 Å². The number of nitrogens with zero attached hydrogens (tertiary/aromatic N) is 2. The highest BCUT2D eigenvalue weighted by atomic mass is 19.1. The summed E-state index contributed by atoms with van der Waals surface area (Å²) in [5.74, 6) is 0.0531. The Morgan fingerprint density at radius 1 is 0.800 bits per heavy atom. The van der Waals surface area contributed by atoms with Gasteiger partial charge >= 0.3 is 0 Å². The maximum atomic E-state index is 13.8. The second kappa shape index (κ2) is 8.76. The van der Waals surface area contributed by atoms with E-state index in [1.165, 1.54) is 6.07 Å². The molecular formula is C30H22FN3O. The molecule has 6 rings (SSSR count). The Labute approximate surface area is 202 Å². The number of aromatic nitrogens is 2. The number of rotatable bonds is 4. The van der Waals surface area contributed by atoms with Crippen molar-refractivity contribution in [1.82, 2.24) is 9.97 Å². The summed E-state index contributed by atoms with van der Waals surface area (Å²) in [5.41, 5.74) is 5.78. The lowest BCUT2D eigenvalue weighted by Crippen LogP contribution is -2.19. The van der Waals surface area contributed by atoms with E-state index in [4.69, 9.17) is 9.97 Å². The van der Waals surface area contributed by atoms with Crippen molar-refractivity contribution in [2.24, 2.45) is 0 Å². The largest absolute Gasteiger partial charge is 0.309 e. The molecule has 0 unspecified atom stereocenters. The van der Waals surface area contributed by atoms with Crippen LogP contribution in [0.25, 0.3) is 33.3 Å². The van der Waals surface area contributed by atoms with E-state index in [0.717, 1.165) is 44.4 Å². The summed E-state index contributed by atoms with van der Waals surface area (Å²) in [6.45, 7) is 0. The zero-order valence-corrected chi connectivity index (χ0v) is 19.0. The first kappa shape index (κ1) is 21.2. The molecule has 0 saturated heterocycles. The maximum Gasteiger partial charge on any atom is 0.230 e. The monoisotopic (exact) mass is 459 g/mol. The first-order chi connectivity index (χ1) is 17.1. The van der Waals surface area contributed by atoms with Crippen molar-refractivity contribution in [3.05, 3.63) is 114 Å². The third-order valence-corrected chi connectivity index (χ3v) is 6.41. The summed E-state index contributed by atoms with van der Waals surface area (Å²) in [6.07, 6.45) is 1.56. The molecule has 35 heavy (non-hydrogen) atoms. The van der Waals surface area contributed by atoms with Crippen LogP contribution in [0.4, 0.5) is 10.2 Å². The number of amides is 1. The standard InChI is InChI=1S/C30H22FN3O/c31-24-13-14-25-23(18-24)12-15-26-29(25)34-28(21-7-2-1-3-8-21)30(32-26)33-27(35)17-19-10-11-20-6-4-5-9-22(20)16-19/h1-11,13-14,16,18H,12,15,17H2,(H,32,33,35). The summed E-state index contributed by atoms with van der Waals surface area (Å²) in [5, 5.41) is 5.26. The Balaban J connectivity index is 1.37. The number of fused-ring (bicyclic) bond motifs is 4. The Kier molecular flexibility index (Phi) is 5.30. The Morgan fingerprint density at radius 2 is 1.60 bits per heavy atom. The van der Waals surface area contributed by atoms with Crippen LogP contribution in [0.5, 0.6) is 0 Å². The fraction of sp³-hybridized carbons (Fsp3) is 0.100. The number of hydrogen-bond acceptors (Lipinski definition) is 3. The molecule has 0 fully saturated rings. The van der Waals surface area contributed by atoms with Crippen molar-refractivity contribution in [3.63, 3.8) is 0 Å². The van der Waals surface area contributed by atoms with Crippen molar-refractivity contribution in [2.75, 3.05) is 5.32 Å². The molecule has 0 radical (unpaired) electrons. The van der Waals surface area contributed by atoms with Gasteiger partial charge < -0.3 is 5.32 Å². The molecule has 5 heteroatoms. The van der Waals surface area contributed by atoms with Crippen molar-refractivity contribution in [1.29, 1.82) is 0 Å². The smallest absolute Gasteiger partial charge is 0.230 e. The molecule has 4 nitrogen and oxygen atoms in total. The van der Waals surface area contributed by atoms with Crippen LogP contribution in [0.15, 0.2) is 91.0 Å². The van der Waals surface area contributed by atoms with E-state index in [2.05, 4.69) is 11.4 Å². The molecule has 5 aromatic rings. The summed E-state index contributed by atoms with van der Waals surface area (Å²) in [7, 11) is 0. The van der Waals surface area contributed by atoms with Crippen LogP contribution in [-0.4, -0.2) is 15.9 Å². The third-order valence-electron chi connectivity index (χ3n) is 6.41. The number of benzene rings is 4. The zero-order chi connectivity index (χ0) is 23.8. The number of nitrogens with one attached hydrogen (secondary N) is 1. The van der Waals surface area contributed by atoms with E-state index in [0.29, 0.717) is 24.4 Å². The molecule has 0 aliphatic heterocycles. The summed E-state index contributed by atoms with van der Waals surface area (Å²) >= 11 is 0. The molecule has 170 valence electrons. The van der Waals surface area contributed by atoms with Gasteiger partial charge in [0.2, 0.25) is 5.91 Å². The molecule has 1 heterocycles. The first-order valence-corrected chi connectivity index (χ1v) is 11.7. The first-order valence-electron chi connectivity index (χ1n) is 11.7. The number of carbonyl (C=O) groups is 1. The minimum atomic E-state index is -0.249. The molecule has 1 amide bonds. The topological polar surface area (TPSA) is 54.9 Å². The quantitative estimate of drug-likeness (QED) is 0.339. The Morgan fingerprint density at radius 3 is 2.46 bits per heavy atom. The van der Waals surface area contributed by atoms with Crippen molar-refractivity contribution in [2.45, 2.75) is 19.3 Å². The lowest BCUT2D eigenvalue weighted by Gasteiger charge is -2.21. The van der Waals surface area contributed by atoms with Crippen LogP contribution in [0.3, 0.4) is 0 Å². The van der Waals surface area contributed by atoms with Gasteiger partial charge in [0.25, 0.3) is 0 Å². The SMILES string of the molecule is O=C(Cc1ccc2ccccc2c1)Nc1nc2c(nc1-c1ccccc1)-c1ccc(F)cc1CC2. The van der Waals surface area contributed by atoms with Gasteiger partial charge in [-0.3, -0.25) is 4.79 Å². The number of carbonyl (C=O) groups excluding carboxylic acids is 1. The van der Waals surface area contributed by atoms with E-state index in [9.17, 15) is 9.18 Å². The lowest BCUT2D eigenvalue weighted by atomic mass is 9.91. The summed E-state index contributed by atoms with van der Waals surface area (Å²) < 4.78 is 13.8. The predicted octanol–water partition coefficient (Wildman–Crippen LogP) is 6.38. The highest BCUT2D eigenvalue weighted by molar-refractivity contribution is 5.95. The number of halogens is 1. The van der Waals surface area contributed by atoms with Gasteiger partial charge in [0.1, 0.15) is 11.5 Å². The van der Waals surface area contributed by atoms with Gasteiger partial charge in [-0.2, -0.15) is 0 Å². The Hall–Kier alpha value is -4.38. The molecule has 0 spiro atoms. The van der Waals surface area contributed by atoms with Crippen LogP contribution < -0.4 is 5.32 Å². The Bertz CT molecular complexity index is 1580. The van der Waals surface area contributed by atoms with Crippen molar-refractivity contribution < 1.29 is 9.18 Å². The maximum absolute atomic E-state index is 13.8. The van der Waals surface area contributed by atoms with Gasteiger partial charge in [0.05, 0.1) is 17.8 Å². The average molecular weight is 460 g/mol. The van der Waals surface area contributed by atoms with Gasteiger partial charge in [-0.15, -0.1) is 0 Å². The van der Waals surface area contributed by atoms with Crippen LogP contribution >= 0.6 is 0 Å². The molecular weight excluding hydrogens is 437 g/mol.